The summed E-state index contributed by atoms with van der Waals surface area (Å²) in [4.78, 5) is 0. The fourth-order valence-electron chi connectivity index (χ4n) is 0. The van der Waals surface area contributed by atoms with Gasteiger partial charge < -0.3 is 0 Å². The van der Waals surface area contributed by atoms with Gasteiger partial charge in [-0.3, -0.25) is 0 Å². The summed E-state index contributed by atoms with van der Waals surface area (Å²) in [6.45, 7) is 12.9. The zero-order chi connectivity index (χ0) is 11.0. The van der Waals surface area contributed by atoms with Crippen LogP contribution in [0.4, 0.5) is 13.2 Å². The van der Waals surface area contributed by atoms with Crippen LogP contribution in [0.2, 0.25) is 0 Å². The smallest absolute Gasteiger partial charge is 0.172 e. The van der Waals surface area contributed by atoms with Gasteiger partial charge in [-0.1, -0.05) is 41.5 Å². The Kier molecular flexibility index (Phi) is 19.0. The van der Waals surface area contributed by atoms with E-state index in [1.807, 2.05) is 13.8 Å². The summed E-state index contributed by atoms with van der Waals surface area (Å²) >= 11 is 0. The fraction of sp³-hybridized carbons (Fsp3) is 1.00. The Morgan fingerprint density at radius 3 is 0.692 bits per heavy atom. The third kappa shape index (κ3) is 5990. The second-order valence-corrected chi connectivity index (χ2v) is 3.78. The molecule has 0 saturated carbocycles. The van der Waals surface area contributed by atoms with E-state index in [0.717, 1.165) is 0 Å². The quantitative estimate of drug-likeness (QED) is 0.583. The van der Waals surface area contributed by atoms with Gasteiger partial charge in [-0.15, -0.1) is 0 Å². The molecule has 0 spiro atoms. The van der Waals surface area contributed by atoms with Crippen LogP contribution >= 0.6 is 0 Å². The molecule has 0 amide bonds. The van der Waals surface area contributed by atoms with Crippen LogP contribution in [0.5, 0.6) is 0 Å². The molecule has 0 radical (unpaired) electrons. The number of hydrogen-bond acceptors (Lipinski definition) is 0. The Hall–Kier alpha value is 0.478. The summed E-state index contributed by atoms with van der Waals surface area (Å²) in [6, 6.07) is 0. The minimum atomic E-state index is -4.00. The summed E-state index contributed by atoms with van der Waals surface area (Å²) in [6.07, 6.45) is -4.00. The van der Waals surface area contributed by atoms with Crippen molar-refractivity contribution in [3.8, 4) is 0 Å². The molecule has 0 saturated heterocycles. The standard InChI is InChI=1S/C5H12.C2H3F3.C2H6.W/c1-5(2,3)4;1-2(3,4)5;1-2;/h1-4H3;1H3;1-2H3;. The molecule has 0 fully saturated rings. The zero-order valence-electron chi connectivity index (χ0n) is 9.54. The van der Waals surface area contributed by atoms with E-state index in [0.29, 0.717) is 5.41 Å². The van der Waals surface area contributed by atoms with Gasteiger partial charge in [0.1, 0.15) is 0 Å². The van der Waals surface area contributed by atoms with Crippen LogP contribution in [0, 0.1) is 5.41 Å². The van der Waals surface area contributed by atoms with Gasteiger partial charge in [0.25, 0.3) is 0 Å². The molecule has 0 aromatic rings. The molecule has 0 aliphatic rings. The third-order valence-corrected chi connectivity index (χ3v) is 0. The molecule has 0 aromatic heterocycles. The van der Waals surface area contributed by atoms with Crippen LogP contribution in [0.25, 0.3) is 0 Å². The SMILES string of the molecule is CC.CC(C)(C)C.CC(F)(F)F.[W]. The third-order valence-electron chi connectivity index (χ3n) is 0. The Balaban J connectivity index is -0.0000000491. The van der Waals surface area contributed by atoms with Crippen molar-refractivity contribution in [2.75, 3.05) is 0 Å². The summed E-state index contributed by atoms with van der Waals surface area (Å²) in [5.74, 6) is 0. The molecule has 0 heterocycles. The van der Waals surface area contributed by atoms with E-state index in [1.54, 1.807) is 0 Å². The topological polar surface area (TPSA) is 0 Å². The van der Waals surface area contributed by atoms with Crippen molar-refractivity contribution in [2.45, 2.75) is 54.6 Å². The summed E-state index contributed by atoms with van der Waals surface area (Å²) in [7, 11) is 0. The fourth-order valence-corrected chi connectivity index (χ4v) is 0. The predicted octanol–water partition coefficient (Wildman–Crippen LogP) is 4.64. The monoisotopic (exact) mass is 370 g/mol. The van der Waals surface area contributed by atoms with Crippen LogP contribution in [0.3, 0.4) is 0 Å². The van der Waals surface area contributed by atoms with Crippen molar-refractivity contribution < 1.29 is 34.2 Å². The van der Waals surface area contributed by atoms with Gasteiger partial charge in [-0.25, -0.2) is 0 Å². The van der Waals surface area contributed by atoms with Crippen LogP contribution < -0.4 is 0 Å². The Labute approximate surface area is 94.6 Å². The van der Waals surface area contributed by atoms with E-state index in [2.05, 4.69) is 27.7 Å². The molecule has 84 valence electrons. The maximum Gasteiger partial charge on any atom is 0.386 e. The van der Waals surface area contributed by atoms with Gasteiger partial charge in [-0.2, -0.15) is 13.2 Å². The average molecular weight is 370 g/mol. The molecule has 0 aliphatic heterocycles. The Morgan fingerprint density at radius 2 is 0.692 bits per heavy atom. The molecule has 0 bridgehead atoms. The van der Waals surface area contributed by atoms with E-state index in [4.69, 9.17) is 0 Å². The molecule has 4 heteroatoms. The molecular formula is C9H21F3W. The minimum Gasteiger partial charge on any atom is -0.172 e. The number of hydrogen-bond donors (Lipinski definition) is 0. The van der Waals surface area contributed by atoms with Crippen LogP contribution in [-0.2, 0) is 21.1 Å². The molecule has 13 heavy (non-hydrogen) atoms. The molecule has 0 nitrogen and oxygen atoms in total. The molecule has 0 unspecified atom stereocenters. The molecular weight excluding hydrogens is 349 g/mol. The molecule has 0 N–H and O–H groups in total. The zero-order valence-corrected chi connectivity index (χ0v) is 12.5. The summed E-state index contributed by atoms with van der Waals surface area (Å²) < 4.78 is 31.1. The first-order valence-corrected chi connectivity index (χ1v) is 4.07. The van der Waals surface area contributed by atoms with E-state index in [1.165, 1.54) is 0 Å². The van der Waals surface area contributed by atoms with Crippen molar-refractivity contribution >= 4 is 0 Å². The van der Waals surface area contributed by atoms with Crippen molar-refractivity contribution in [2.24, 2.45) is 5.41 Å². The van der Waals surface area contributed by atoms with Crippen LogP contribution in [0.1, 0.15) is 48.5 Å². The minimum absolute atomic E-state index is 0. The normalized spacial score (nSPS) is 9.69. The molecule has 0 atom stereocenters. The van der Waals surface area contributed by atoms with Gasteiger partial charge in [-0.05, 0) is 5.41 Å². The summed E-state index contributed by atoms with van der Waals surface area (Å²) in [5, 5.41) is 0. The second-order valence-electron chi connectivity index (χ2n) is 3.78. The van der Waals surface area contributed by atoms with E-state index in [-0.39, 0.29) is 28.0 Å². The van der Waals surface area contributed by atoms with Gasteiger partial charge >= 0.3 is 6.18 Å². The second kappa shape index (κ2) is 10.6. The van der Waals surface area contributed by atoms with E-state index >= 15 is 0 Å². The summed E-state index contributed by atoms with van der Waals surface area (Å²) in [5.41, 5.74) is 0.500. The van der Waals surface area contributed by atoms with E-state index in [9.17, 15) is 13.2 Å². The molecule has 0 aromatic carbocycles. The van der Waals surface area contributed by atoms with Crippen LogP contribution in [-0.4, -0.2) is 6.18 Å². The maximum absolute atomic E-state index is 10.4. The van der Waals surface area contributed by atoms with Crippen molar-refractivity contribution in [1.29, 1.82) is 0 Å². The maximum atomic E-state index is 10.4. The number of alkyl halides is 3. The first-order valence-electron chi connectivity index (χ1n) is 4.07. The van der Waals surface area contributed by atoms with Crippen LogP contribution in [0.15, 0.2) is 0 Å². The van der Waals surface area contributed by atoms with Gasteiger partial charge in [0.05, 0.1) is 0 Å². The van der Waals surface area contributed by atoms with Crippen molar-refractivity contribution in [3.63, 3.8) is 0 Å². The van der Waals surface area contributed by atoms with Gasteiger partial charge in [0.2, 0.25) is 0 Å². The average Bonchev–Trinajstić information content (AvgIpc) is 1.59. The largest absolute Gasteiger partial charge is 0.386 e. The van der Waals surface area contributed by atoms with Crippen molar-refractivity contribution in [1.82, 2.24) is 0 Å². The molecule has 0 rings (SSSR count). The Morgan fingerprint density at radius 1 is 0.692 bits per heavy atom. The van der Waals surface area contributed by atoms with E-state index < -0.39 is 6.18 Å². The first-order chi connectivity index (χ1) is 5.00. The van der Waals surface area contributed by atoms with Gasteiger partial charge in [0.15, 0.2) is 0 Å². The Bertz CT molecular complexity index is 57.8. The first kappa shape index (κ1) is 23.4. The molecule has 0 aliphatic carbocycles. The van der Waals surface area contributed by atoms with Crippen molar-refractivity contribution in [3.05, 3.63) is 0 Å². The predicted molar refractivity (Wildman–Crippen MR) is 48.2 cm³/mol. The number of rotatable bonds is 0. The number of halogens is 3. The van der Waals surface area contributed by atoms with Gasteiger partial charge in [0, 0.05) is 28.0 Å².